The molecule has 1 aliphatic heterocycles. The van der Waals surface area contributed by atoms with Gasteiger partial charge in [-0.25, -0.2) is 0 Å². The van der Waals surface area contributed by atoms with E-state index in [1.165, 1.54) is 0 Å². The first-order valence-corrected chi connectivity index (χ1v) is 7.27. The summed E-state index contributed by atoms with van der Waals surface area (Å²) in [7, 11) is 3.19. The SMILES string of the molecule is COc1ccc([C@@H]2Oc3cc(OC)c(O)c(C)c3C2C)cc1. The zero-order chi connectivity index (χ0) is 15.9. The van der Waals surface area contributed by atoms with Crippen LogP contribution in [-0.2, 0) is 0 Å². The van der Waals surface area contributed by atoms with Gasteiger partial charge in [-0.15, -0.1) is 0 Å². The maximum absolute atomic E-state index is 10.2. The summed E-state index contributed by atoms with van der Waals surface area (Å²) in [6.07, 6.45) is -0.0777. The Balaban J connectivity index is 1.99. The van der Waals surface area contributed by atoms with Crippen molar-refractivity contribution in [2.45, 2.75) is 25.9 Å². The molecule has 1 unspecified atom stereocenters. The Morgan fingerprint density at radius 1 is 1.09 bits per heavy atom. The second-order valence-corrected chi connectivity index (χ2v) is 5.56. The van der Waals surface area contributed by atoms with Crippen LogP contribution in [0.4, 0.5) is 0 Å². The van der Waals surface area contributed by atoms with Gasteiger partial charge in [0.25, 0.3) is 0 Å². The molecule has 3 rings (SSSR count). The van der Waals surface area contributed by atoms with Gasteiger partial charge < -0.3 is 19.3 Å². The quantitative estimate of drug-likeness (QED) is 0.932. The number of hydrogen-bond donors (Lipinski definition) is 1. The van der Waals surface area contributed by atoms with E-state index in [2.05, 4.69) is 6.92 Å². The standard InChI is InChI=1S/C18H20O4/c1-10-16-11(2)18(12-5-7-13(20-3)8-6-12)22-14(16)9-15(21-4)17(10)19/h5-9,11,18-19H,1-4H3/t11?,18-/m1/s1. The predicted octanol–water partition coefficient (Wildman–Crippen LogP) is 3.96. The lowest BCUT2D eigenvalue weighted by molar-refractivity contribution is 0.215. The van der Waals surface area contributed by atoms with E-state index in [0.717, 1.165) is 28.2 Å². The summed E-state index contributed by atoms with van der Waals surface area (Å²) in [5, 5.41) is 10.2. The molecule has 4 nitrogen and oxygen atoms in total. The van der Waals surface area contributed by atoms with Crippen LogP contribution in [0.25, 0.3) is 0 Å². The Kier molecular flexibility index (Phi) is 3.61. The van der Waals surface area contributed by atoms with Crippen LogP contribution < -0.4 is 14.2 Å². The minimum atomic E-state index is -0.0777. The fourth-order valence-electron chi connectivity index (χ4n) is 3.12. The number of methoxy groups -OCH3 is 2. The van der Waals surface area contributed by atoms with Crippen LogP contribution in [-0.4, -0.2) is 19.3 Å². The first-order chi connectivity index (χ1) is 10.6. The van der Waals surface area contributed by atoms with Crippen LogP contribution in [0.3, 0.4) is 0 Å². The fraction of sp³-hybridized carbons (Fsp3) is 0.333. The van der Waals surface area contributed by atoms with Gasteiger partial charge in [0.15, 0.2) is 11.5 Å². The largest absolute Gasteiger partial charge is 0.504 e. The fourth-order valence-corrected chi connectivity index (χ4v) is 3.12. The van der Waals surface area contributed by atoms with Crippen LogP contribution in [0.15, 0.2) is 30.3 Å². The van der Waals surface area contributed by atoms with E-state index in [-0.39, 0.29) is 17.8 Å². The molecule has 0 fully saturated rings. The van der Waals surface area contributed by atoms with E-state index in [0.29, 0.717) is 5.75 Å². The molecule has 1 heterocycles. The van der Waals surface area contributed by atoms with Crippen molar-refractivity contribution in [3.05, 3.63) is 47.0 Å². The predicted molar refractivity (Wildman–Crippen MR) is 84.2 cm³/mol. The summed E-state index contributed by atoms with van der Waals surface area (Å²) in [6, 6.07) is 9.65. The van der Waals surface area contributed by atoms with Gasteiger partial charge >= 0.3 is 0 Å². The number of phenolic OH excluding ortho intramolecular Hbond substituents is 1. The molecule has 22 heavy (non-hydrogen) atoms. The van der Waals surface area contributed by atoms with Crippen molar-refractivity contribution in [3.8, 4) is 23.0 Å². The summed E-state index contributed by atoms with van der Waals surface area (Å²) < 4.78 is 16.5. The first-order valence-electron chi connectivity index (χ1n) is 7.27. The number of fused-ring (bicyclic) bond motifs is 1. The third-order valence-electron chi connectivity index (χ3n) is 4.35. The van der Waals surface area contributed by atoms with E-state index in [9.17, 15) is 5.11 Å². The molecule has 0 saturated heterocycles. The number of ether oxygens (including phenoxy) is 3. The minimum Gasteiger partial charge on any atom is -0.504 e. The summed E-state index contributed by atoms with van der Waals surface area (Å²) in [6.45, 7) is 4.01. The van der Waals surface area contributed by atoms with Crippen molar-refractivity contribution >= 4 is 0 Å². The molecule has 2 aromatic carbocycles. The van der Waals surface area contributed by atoms with Gasteiger partial charge in [-0.3, -0.25) is 0 Å². The summed E-state index contributed by atoms with van der Waals surface area (Å²) in [5.74, 6) is 2.38. The highest BCUT2D eigenvalue weighted by Gasteiger charge is 2.35. The highest BCUT2D eigenvalue weighted by atomic mass is 16.5. The van der Waals surface area contributed by atoms with Gasteiger partial charge in [0.2, 0.25) is 0 Å². The van der Waals surface area contributed by atoms with E-state index >= 15 is 0 Å². The Labute approximate surface area is 130 Å². The van der Waals surface area contributed by atoms with Gasteiger partial charge in [-0.2, -0.15) is 0 Å². The Bertz CT molecular complexity index is 691. The van der Waals surface area contributed by atoms with Gasteiger partial charge in [0.1, 0.15) is 17.6 Å². The summed E-state index contributed by atoms with van der Waals surface area (Å²) in [5.41, 5.74) is 2.94. The van der Waals surface area contributed by atoms with E-state index in [4.69, 9.17) is 14.2 Å². The maximum atomic E-state index is 10.2. The third-order valence-corrected chi connectivity index (χ3v) is 4.35. The lowest BCUT2D eigenvalue weighted by Crippen LogP contribution is -2.07. The van der Waals surface area contributed by atoms with Crippen molar-refractivity contribution in [2.24, 2.45) is 0 Å². The molecular weight excluding hydrogens is 280 g/mol. The van der Waals surface area contributed by atoms with Crippen molar-refractivity contribution < 1.29 is 19.3 Å². The lowest BCUT2D eigenvalue weighted by Gasteiger charge is -2.16. The van der Waals surface area contributed by atoms with Crippen LogP contribution in [0.2, 0.25) is 0 Å². The first kappa shape index (κ1) is 14.6. The van der Waals surface area contributed by atoms with Crippen molar-refractivity contribution in [2.75, 3.05) is 14.2 Å². The van der Waals surface area contributed by atoms with E-state index in [1.807, 2.05) is 31.2 Å². The average Bonchev–Trinajstić information content (AvgIpc) is 2.87. The Morgan fingerprint density at radius 2 is 1.77 bits per heavy atom. The normalized spacial score (nSPS) is 19.5. The van der Waals surface area contributed by atoms with Crippen LogP contribution in [0.1, 0.15) is 35.6 Å². The number of phenols is 1. The monoisotopic (exact) mass is 300 g/mol. The highest BCUT2D eigenvalue weighted by Crippen LogP contribution is 2.51. The molecule has 4 heteroatoms. The molecule has 0 aromatic heterocycles. The van der Waals surface area contributed by atoms with Crippen LogP contribution in [0, 0.1) is 6.92 Å². The van der Waals surface area contributed by atoms with Crippen molar-refractivity contribution in [3.63, 3.8) is 0 Å². The molecule has 1 aliphatic rings. The van der Waals surface area contributed by atoms with Crippen molar-refractivity contribution in [1.82, 2.24) is 0 Å². The topological polar surface area (TPSA) is 47.9 Å². The van der Waals surface area contributed by atoms with Crippen LogP contribution >= 0.6 is 0 Å². The van der Waals surface area contributed by atoms with Gasteiger partial charge in [-0.05, 0) is 24.6 Å². The molecule has 116 valence electrons. The zero-order valence-electron chi connectivity index (χ0n) is 13.2. The van der Waals surface area contributed by atoms with Gasteiger partial charge in [0.05, 0.1) is 14.2 Å². The number of rotatable bonds is 3. The molecule has 0 radical (unpaired) electrons. The van der Waals surface area contributed by atoms with E-state index < -0.39 is 0 Å². The highest BCUT2D eigenvalue weighted by molar-refractivity contribution is 5.59. The summed E-state index contributed by atoms with van der Waals surface area (Å²) in [4.78, 5) is 0. The van der Waals surface area contributed by atoms with E-state index in [1.54, 1.807) is 20.3 Å². The number of benzene rings is 2. The Hall–Kier alpha value is -2.36. The molecule has 0 saturated carbocycles. The number of aromatic hydroxyl groups is 1. The third kappa shape index (κ3) is 2.15. The molecule has 2 aromatic rings. The van der Waals surface area contributed by atoms with Gasteiger partial charge in [-0.1, -0.05) is 19.1 Å². The molecular formula is C18H20O4. The molecule has 1 N–H and O–H groups in total. The Morgan fingerprint density at radius 3 is 2.36 bits per heavy atom. The minimum absolute atomic E-state index is 0.0777. The molecule has 0 aliphatic carbocycles. The van der Waals surface area contributed by atoms with Crippen LogP contribution in [0.5, 0.6) is 23.0 Å². The lowest BCUT2D eigenvalue weighted by atomic mass is 9.89. The molecule has 2 atom stereocenters. The molecule has 0 spiro atoms. The second-order valence-electron chi connectivity index (χ2n) is 5.56. The second kappa shape index (κ2) is 5.44. The maximum Gasteiger partial charge on any atom is 0.164 e. The molecule has 0 bridgehead atoms. The average molecular weight is 300 g/mol. The van der Waals surface area contributed by atoms with Crippen molar-refractivity contribution in [1.29, 1.82) is 0 Å². The smallest absolute Gasteiger partial charge is 0.164 e. The zero-order valence-corrected chi connectivity index (χ0v) is 13.2. The molecule has 0 amide bonds. The number of hydrogen-bond acceptors (Lipinski definition) is 4. The summed E-state index contributed by atoms with van der Waals surface area (Å²) >= 11 is 0. The van der Waals surface area contributed by atoms with Gasteiger partial charge in [0, 0.05) is 23.1 Å².